The number of hydrogen-bond donors (Lipinski definition) is 0. The molecule has 130 valence electrons. The molecule has 0 unspecified atom stereocenters. The molecule has 4 heterocycles. The van der Waals surface area contributed by atoms with Crippen molar-refractivity contribution in [1.82, 2.24) is 14.2 Å². The van der Waals surface area contributed by atoms with Crippen molar-refractivity contribution in [1.29, 1.82) is 0 Å². The van der Waals surface area contributed by atoms with Gasteiger partial charge in [0.05, 0.1) is 6.61 Å². The lowest BCUT2D eigenvalue weighted by atomic mass is 10.0. The Morgan fingerprint density at radius 2 is 1.96 bits per heavy atom. The highest BCUT2D eigenvalue weighted by Gasteiger charge is 2.37. The predicted octanol–water partition coefficient (Wildman–Crippen LogP) is 1.12. The van der Waals surface area contributed by atoms with Crippen molar-refractivity contribution in [3.05, 3.63) is 35.5 Å². The van der Waals surface area contributed by atoms with Gasteiger partial charge in [0.1, 0.15) is 0 Å². The molecule has 4 rings (SSSR count). The second-order valence-corrected chi connectivity index (χ2v) is 8.79. The zero-order valence-electron chi connectivity index (χ0n) is 13.7. The van der Waals surface area contributed by atoms with E-state index in [9.17, 15) is 8.42 Å². The maximum atomic E-state index is 12.7. The Balaban J connectivity index is 1.36. The Morgan fingerprint density at radius 1 is 1.17 bits per heavy atom. The van der Waals surface area contributed by atoms with Crippen LogP contribution in [0.5, 0.6) is 0 Å². The molecule has 0 saturated carbocycles. The van der Waals surface area contributed by atoms with Gasteiger partial charge >= 0.3 is 0 Å². The first-order chi connectivity index (χ1) is 11.6. The van der Waals surface area contributed by atoms with E-state index < -0.39 is 10.0 Å². The fraction of sp³-hybridized carbons (Fsp3) is 0.588. The average Bonchev–Trinajstić information content (AvgIpc) is 3.15. The molecule has 1 atom stereocenters. The number of pyridine rings is 1. The van der Waals surface area contributed by atoms with Crippen molar-refractivity contribution in [2.75, 3.05) is 45.9 Å². The molecule has 3 aliphatic rings. The molecule has 0 radical (unpaired) electrons. The smallest absolute Gasteiger partial charge is 0.261 e. The van der Waals surface area contributed by atoms with Crippen molar-refractivity contribution >= 4 is 10.0 Å². The number of rotatable bonds is 4. The third-order valence-corrected chi connectivity index (χ3v) is 6.78. The largest absolute Gasteiger partial charge is 0.381 e. The predicted molar refractivity (Wildman–Crippen MR) is 90.0 cm³/mol. The molecule has 1 fully saturated rings. The molecule has 6 nitrogen and oxygen atoms in total. The molecule has 1 saturated heterocycles. The van der Waals surface area contributed by atoms with Crippen molar-refractivity contribution in [2.24, 2.45) is 5.92 Å². The van der Waals surface area contributed by atoms with Crippen LogP contribution in [0.3, 0.4) is 0 Å². The number of aromatic nitrogens is 1. The second-order valence-electron chi connectivity index (χ2n) is 6.90. The molecule has 1 aromatic heterocycles. The second kappa shape index (κ2) is 6.55. The van der Waals surface area contributed by atoms with E-state index in [0.717, 1.165) is 39.3 Å². The average molecular weight is 349 g/mol. The molecule has 1 aromatic rings. The lowest BCUT2D eigenvalue weighted by Crippen LogP contribution is -2.37. The van der Waals surface area contributed by atoms with Crippen LogP contribution in [0.15, 0.2) is 40.6 Å². The molecular formula is C17H23N3O3S. The summed E-state index contributed by atoms with van der Waals surface area (Å²) in [7, 11) is -3.48. The minimum atomic E-state index is -3.48. The maximum absolute atomic E-state index is 12.7. The SMILES string of the molecule is O=S(=O)(c1ccccn1)N1CC2=C(CN(C[C@@H]3CCCOC3)C2)C1. The molecule has 0 N–H and O–H groups in total. The third kappa shape index (κ3) is 3.13. The first-order valence-electron chi connectivity index (χ1n) is 8.54. The van der Waals surface area contributed by atoms with E-state index in [1.165, 1.54) is 23.8 Å². The molecule has 24 heavy (non-hydrogen) atoms. The summed E-state index contributed by atoms with van der Waals surface area (Å²) in [6.07, 6.45) is 3.92. The number of hydrogen-bond acceptors (Lipinski definition) is 5. The summed E-state index contributed by atoms with van der Waals surface area (Å²) in [5.74, 6) is 0.618. The Kier molecular flexibility index (Phi) is 4.42. The highest BCUT2D eigenvalue weighted by atomic mass is 32.2. The Hall–Kier alpha value is -1.28. The lowest BCUT2D eigenvalue weighted by molar-refractivity contribution is 0.0418. The molecule has 3 aliphatic heterocycles. The fourth-order valence-corrected chi connectivity index (χ4v) is 5.23. The zero-order valence-corrected chi connectivity index (χ0v) is 14.5. The molecule has 7 heteroatoms. The number of nitrogens with zero attached hydrogens (tertiary/aromatic N) is 3. The van der Waals surface area contributed by atoms with Crippen LogP contribution in [-0.4, -0.2) is 68.5 Å². The van der Waals surface area contributed by atoms with Gasteiger partial charge in [-0.3, -0.25) is 4.90 Å². The number of sulfonamides is 1. The van der Waals surface area contributed by atoms with Crippen molar-refractivity contribution in [3.8, 4) is 0 Å². The van der Waals surface area contributed by atoms with Gasteiger partial charge in [0.25, 0.3) is 10.0 Å². The van der Waals surface area contributed by atoms with Gasteiger partial charge in [-0.05, 0) is 42.0 Å². The van der Waals surface area contributed by atoms with E-state index in [1.54, 1.807) is 22.5 Å². The minimum Gasteiger partial charge on any atom is -0.381 e. The normalized spacial score (nSPS) is 26.1. The van der Waals surface area contributed by atoms with Gasteiger partial charge in [-0.1, -0.05) is 6.07 Å². The van der Waals surface area contributed by atoms with E-state index >= 15 is 0 Å². The zero-order chi connectivity index (χ0) is 16.6. The van der Waals surface area contributed by atoms with Gasteiger partial charge in [0.2, 0.25) is 0 Å². The lowest BCUT2D eigenvalue weighted by Gasteiger charge is -2.28. The third-order valence-electron chi connectivity index (χ3n) is 5.08. The summed E-state index contributed by atoms with van der Waals surface area (Å²) in [4.78, 5) is 6.45. The van der Waals surface area contributed by atoms with E-state index in [-0.39, 0.29) is 5.03 Å². The highest BCUT2D eigenvalue weighted by molar-refractivity contribution is 7.89. The first-order valence-corrected chi connectivity index (χ1v) is 9.98. The van der Waals surface area contributed by atoms with Crippen LogP contribution in [0, 0.1) is 5.92 Å². The van der Waals surface area contributed by atoms with Gasteiger partial charge in [-0.2, -0.15) is 4.31 Å². The quantitative estimate of drug-likeness (QED) is 0.763. The summed E-state index contributed by atoms with van der Waals surface area (Å²) in [6, 6.07) is 5.01. The Bertz CT molecular complexity index is 709. The van der Waals surface area contributed by atoms with E-state index in [2.05, 4.69) is 9.88 Å². The minimum absolute atomic E-state index is 0.141. The van der Waals surface area contributed by atoms with Crippen LogP contribution in [0.25, 0.3) is 0 Å². The molecule has 0 bridgehead atoms. The van der Waals surface area contributed by atoms with Crippen molar-refractivity contribution < 1.29 is 13.2 Å². The summed E-state index contributed by atoms with van der Waals surface area (Å²) in [5.41, 5.74) is 2.54. The van der Waals surface area contributed by atoms with Crippen LogP contribution in [-0.2, 0) is 14.8 Å². The summed E-state index contributed by atoms with van der Waals surface area (Å²) < 4.78 is 32.5. The van der Waals surface area contributed by atoms with Gasteiger partial charge in [-0.25, -0.2) is 13.4 Å². The van der Waals surface area contributed by atoms with E-state index in [1.807, 2.05) is 0 Å². The molecule has 0 amide bonds. The van der Waals surface area contributed by atoms with Crippen molar-refractivity contribution in [3.63, 3.8) is 0 Å². The molecule has 0 aromatic carbocycles. The topological polar surface area (TPSA) is 62.7 Å². The van der Waals surface area contributed by atoms with Crippen molar-refractivity contribution in [2.45, 2.75) is 17.9 Å². The maximum Gasteiger partial charge on any atom is 0.261 e. The van der Waals surface area contributed by atoms with E-state index in [4.69, 9.17) is 4.74 Å². The number of ether oxygens (including phenoxy) is 1. The van der Waals surface area contributed by atoms with E-state index in [0.29, 0.717) is 19.0 Å². The highest BCUT2D eigenvalue weighted by Crippen LogP contribution is 2.30. The van der Waals surface area contributed by atoms with Crippen LogP contribution in [0.2, 0.25) is 0 Å². The van der Waals surface area contributed by atoms with Crippen LogP contribution < -0.4 is 0 Å². The first kappa shape index (κ1) is 16.2. The van der Waals surface area contributed by atoms with Crippen LogP contribution in [0.1, 0.15) is 12.8 Å². The summed E-state index contributed by atoms with van der Waals surface area (Å²) >= 11 is 0. The Labute approximate surface area is 143 Å². The van der Waals surface area contributed by atoms with Gasteiger partial charge in [-0.15, -0.1) is 0 Å². The molecular weight excluding hydrogens is 326 g/mol. The van der Waals surface area contributed by atoms with Crippen LogP contribution in [0.4, 0.5) is 0 Å². The molecule has 0 aliphatic carbocycles. The Morgan fingerprint density at radius 3 is 2.58 bits per heavy atom. The fourth-order valence-electron chi connectivity index (χ4n) is 3.87. The summed E-state index contributed by atoms with van der Waals surface area (Å²) in [6.45, 7) is 5.60. The standard InChI is InChI=1S/C17H23N3O3S/c21-24(22,17-5-1-2-6-18-17)20-11-15-9-19(10-16(15)12-20)8-14-4-3-7-23-13-14/h1-2,5-6,14H,3-4,7-13H2/t14-/m0/s1. The summed E-state index contributed by atoms with van der Waals surface area (Å²) in [5, 5.41) is 0.141. The monoisotopic (exact) mass is 349 g/mol. The molecule has 0 spiro atoms. The van der Waals surface area contributed by atoms with Crippen LogP contribution >= 0.6 is 0 Å². The van der Waals surface area contributed by atoms with Gasteiger partial charge in [0.15, 0.2) is 5.03 Å². The van der Waals surface area contributed by atoms with Gasteiger partial charge < -0.3 is 4.74 Å². The van der Waals surface area contributed by atoms with Gasteiger partial charge in [0, 0.05) is 45.5 Å².